The highest BCUT2D eigenvalue weighted by Gasteiger charge is 2.37. The first-order valence-electron chi connectivity index (χ1n) is 10.00. The van der Waals surface area contributed by atoms with Crippen LogP contribution in [0.5, 0.6) is 0 Å². The monoisotopic (exact) mass is 405 g/mol. The number of hydrogen-bond donors (Lipinski definition) is 0. The van der Waals surface area contributed by atoms with Crippen LogP contribution < -0.4 is 4.90 Å². The highest BCUT2D eigenvalue weighted by molar-refractivity contribution is 6.03. The van der Waals surface area contributed by atoms with Crippen LogP contribution in [-0.2, 0) is 9.59 Å². The Labute approximate surface area is 176 Å². The van der Waals surface area contributed by atoms with Crippen LogP contribution >= 0.6 is 0 Å². The Kier molecular flexibility index (Phi) is 6.13. The van der Waals surface area contributed by atoms with Crippen molar-refractivity contribution in [2.45, 2.75) is 44.7 Å². The predicted molar refractivity (Wildman–Crippen MR) is 117 cm³/mol. The highest BCUT2D eigenvalue weighted by Crippen LogP contribution is 2.39. The number of para-hydroxylation sites is 1. The molecular weight excluding hydrogens is 378 g/mol. The molecule has 2 aromatic carbocycles. The van der Waals surface area contributed by atoms with Gasteiger partial charge in [0, 0.05) is 29.1 Å². The molecule has 3 rings (SSSR count). The van der Waals surface area contributed by atoms with Crippen molar-refractivity contribution in [3.63, 3.8) is 0 Å². The molecule has 0 saturated carbocycles. The molecule has 1 heterocycles. The lowest BCUT2D eigenvalue weighted by Crippen LogP contribution is -2.49. The molecule has 2 atom stereocenters. The summed E-state index contributed by atoms with van der Waals surface area (Å²) in [5.41, 5.74) is 11.4. The number of benzene rings is 2. The summed E-state index contributed by atoms with van der Waals surface area (Å²) in [5, 5.41) is 3.80. The van der Waals surface area contributed by atoms with Gasteiger partial charge in [-0.2, -0.15) is 0 Å². The van der Waals surface area contributed by atoms with Crippen molar-refractivity contribution in [3.8, 4) is 0 Å². The smallest absolute Gasteiger partial charge is 0.242 e. The zero-order chi connectivity index (χ0) is 21.9. The third-order valence-electron chi connectivity index (χ3n) is 5.68. The van der Waals surface area contributed by atoms with E-state index in [4.69, 9.17) is 5.53 Å². The lowest BCUT2D eigenvalue weighted by Gasteiger charge is -2.34. The molecule has 0 spiro atoms. The predicted octanol–water partition coefficient (Wildman–Crippen LogP) is 4.49. The van der Waals surface area contributed by atoms with Crippen LogP contribution in [0.2, 0.25) is 0 Å². The lowest BCUT2D eigenvalue weighted by atomic mass is 9.86. The molecule has 0 unspecified atom stereocenters. The van der Waals surface area contributed by atoms with Gasteiger partial charge in [-0.1, -0.05) is 53.6 Å². The molecular formula is C23H27N5O2. The Balaban J connectivity index is 2.09. The summed E-state index contributed by atoms with van der Waals surface area (Å²) in [6.07, 6.45) is 0.351. The van der Waals surface area contributed by atoms with Gasteiger partial charge in [0.05, 0.1) is 0 Å². The number of rotatable bonds is 4. The zero-order valence-electron chi connectivity index (χ0n) is 17.8. The van der Waals surface area contributed by atoms with Gasteiger partial charge in [0.2, 0.25) is 11.8 Å². The van der Waals surface area contributed by atoms with E-state index < -0.39 is 6.04 Å². The first-order valence-corrected chi connectivity index (χ1v) is 10.00. The second-order valence-corrected chi connectivity index (χ2v) is 8.53. The molecule has 0 aromatic heterocycles. The second-order valence-electron chi connectivity index (χ2n) is 8.53. The van der Waals surface area contributed by atoms with Gasteiger partial charge in [-0.25, -0.2) is 0 Å². The second kappa shape index (κ2) is 8.59. The van der Waals surface area contributed by atoms with Crippen molar-refractivity contribution < 1.29 is 9.59 Å². The number of carbonyl (C=O) groups excluding carboxylic acids is 2. The van der Waals surface area contributed by atoms with E-state index in [1.807, 2.05) is 75.4 Å². The van der Waals surface area contributed by atoms with E-state index >= 15 is 0 Å². The van der Waals surface area contributed by atoms with Crippen LogP contribution in [0.1, 0.15) is 44.2 Å². The van der Waals surface area contributed by atoms with E-state index in [0.717, 1.165) is 11.1 Å². The minimum absolute atomic E-state index is 0.109. The van der Waals surface area contributed by atoms with Gasteiger partial charge >= 0.3 is 0 Å². The molecule has 30 heavy (non-hydrogen) atoms. The Morgan fingerprint density at radius 2 is 1.80 bits per heavy atom. The van der Waals surface area contributed by atoms with E-state index in [0.29, 0.717) is 12.1 Å². The van der Waals surface area contributed by atoms with Crippen molar-refractivity contribution in [2.75, 3.05) is 18.5 Å². The minimum Gasteiger partial charge on any atom is -0.339 e. The van der Waals surface area contributed by atoms with E-state index in [1.54, 1.807) is 11.9 Å². The molecule has 0 saturated heterocycles. The topological polar surface area (TPSA) is 89.4 Å². The lowest BCUT2D eigenvalue weighted by molar-refractivity contribution is -0.134. The molecule has 2 aromatic rings. The van der Waals surface area contributed by atoms with Crippen molar-refractivity contribution in [3.05, 3.63) is 76.2 Å². The largest absolute Gasteiger partial charge is 0.339 e. The molecule has 7 nitrogen and oxygen atoms in total. The zero-order valence-corrected chi connectivity index (χ0v) is 17.8. The molecule has 0 N–H and O–H groups in total. The molecule has 0 fully saturated rings. The number of amides is 2. The van der Waals surface area contributed by atoms with E-state index in [-0.39, 0.29) is 29.8 Å². The van der Waals surface area contributed by atoms with Crippen molar-refractivity contribution in [2.24, 2.45) is 5.11 Å². The normalized spacial score (nSPS) is 18.8. The fourth-order valence-corrected chi connectivity index (χ4v) is 3.72. The van der Waals surface area contributed by atoms with Crippen LogP contribution in [0, 0.1) is 0 Å². The maximum atomic E-state index is 13.4. The third kappa shape index (κ3) is 4.31. The van der Waals surface area contributed by atoms with E-state index in [1.165, 1.54) is 4.90 Å². The average Bonchev–Trinajstić information content (AvgIpc) is 2.84. The molecule has 2 amide bonds. The fourth-order valence-electron chi connectivity index (χ4n) is 3.72. The maximum Gasteiger partial charge on any atom is 0.242 e. The molecule has 156 valence electrons. The van der Waals surface area contributed by atoms with Crippen molar-refractivity contribution >= 4 is 17.5 Å². The minimum atomic E-state index is -0.889. The van der Waals surface area contributed by atoms with Gasteiger partial charge in [-0.15, -0.1) is 0 Å². The first kappa shape index (κ1) is 21.4. The van der Waals surface area contributed by atoms with Crippen LogP contribution in [0.25, 0.3) is 10.4 Å². The summed E-state index contributed by atoms with van der Waals surface area (Å²) >= 11 is 0. The molecule has 1 aliphatic heterocycles. The third-order valence-corrected chi connectivity index (χ3v) is 5.68. The number of fused-ring (bicyclic) bond motifs is 1. The standard InChI is InChI=1S/C23H27N5O2/c1-23(2,3)27(4)21(29)15-28-20-13-9-8-12-17(20)18(16-10-6-5-7-11-16)14-19(22(28)30)25-26-24/h5-13,18-19H,14-15H2,1-4H3/t18-,19-/m1/s1. The summed E-state index contributed by atoms with van der Waals surface area (Å²) < 4.78 is 0. The number of carbonyl (C=O) groups is 2. The summed E-state index contributed by atoms with van der Waals surface area (Å²) in [4.78, 5) is 32.4. The number of azide groups is 1. The van der Waals surface area contributed by atoms with Gasteiger partial charge < -0.3 is 9.80 Å². The molecule has 7 heteroatoms. The van der Waals surface area contributed by atoms with Gasteiger partial charge in [-0.05, 0) is 49.9 Å². The summed E-state index contributed by atoms with van der Waals surface area (Å²) in [7, 11) is 1.73. The number of likely N-dealkylation sites (N-methyl/N-ethyl adjacent to an activating group) is 1. The van der Waals surface area contributed by atoms with Gasteiger partial charge in [0.1, 0.15) is 12.6 Å². The Morgan fingerprint density at radius 3 is 2.43 bits per heavy atom. The Bertz CT molecular complexity index is 977. The summed E-state index contributed by atoms with van der Waals surface area (Å²) in [6.45, 7) is 5.72. The molecule has 0 aliphatic carbocycles. The SMILES string of the molecule is CN(C(=O)CN1C(=O)[C@H](N=[N+]=[N-])C[C@H](c2ccccc2)c2ccccc21)C(C)(C)C. The van der Waals surface area contributed by atoms with Gasteiger partial charge in [0.25, 0.3) is 0 Å². The van der Waals surface area contributed by atoms with Crippen LogP contribution in [0.3, 0.4) is 0 Å². The van der Waals surface area contributed by atoms with Crippen LogP contribution in [0.15, 0.2) is 59.7 Å². The van der Waals surface area contributed by atoms with E-state index in [9.17, 15) is 9.59 Å². The van der Waals surface area contributed by atoms with Gasteiger partial charge in [-0.3, -0.25) is 9.59 Å². The first-order chi connectivity index (χ1) is 14.2. The number of nitrogens with zero attached hydrogens (tertiary/aromatic N) is 5. The fraction of sp³-hybridized carbons (Fsp3) is 0.391. The van der Waals surface area contributed by atoms with Crippen molar-refractivity contribution in [1.29, 1.82) is 0 Å². The maximum absolute atomic E-state index is 13.4. The number of hydrogen-bond acceptors (Lipinski definition) is 3. The molecule has 0 radical (unpaired) electrons. The summed E-state index contributed by atoms with van der Waals surface area (Å²) in [6, 6.07) is 16.6. The van der Waals surface area contributed by atoms with Gasteiger partial charge in [0.15, 0.2) is 0 Å². The average molecular weight is 406 g/mol. The van der Waals surface area contributed by atoms with E-state index in [2.05, 4.69) is 10.0 Å². The number of anilines is 1. The van der Waals surface area contributed by atoms with Crippen LogP contribution in [0.4, 0.5) is 5.69 Å². The Morgan fingerprint density at radius 1 is 1.17 bits per heavy atom. The quantitative estimate of drug-likeness (QED) is 0.426. The Hall–Kier alpha value is -3.31. The highest BCUT2D eigenvalue weighted by atomic mass is 16.2. The van der Waals surface area contributed by atoms with Crippen LogP contribution in [-0.4, -0.2) is 41.9 Å². The van der Waals surface area contributed by atoms with Crippen molar-refractivity contribution in [1.82, 2.24) is 4.90 Å². The summed E-state index contributed by atoms with van der Waals surface area (Å²) in [5.74, 6) is -0.653. The molecule has 0 bridgehead atoms. The molecule has 1 aliphatic rings.